The Morgan fingerprint density at radius 1 is 1.04 bits per heavy atom. The lowest BCUT2D eigenvalue weighted by Crippen LogP contribution is -2.18. The summed E-state index contributed by atoms with van der Waals surface area (Å²) < 4.78 is 5.47. The first-order valence-corrected chi connectivity index (χ1v) is 8.86. The van der Waals surface area contributed by atoms with Gasteiger partial charge in [0.15, 0.2) is 0 Å². The van der Waals surface area contributed by atoms with Gasteiger partial charge in [-0.25, -0.2) is 4.98 Å². The highest BCUT2D eigenvalue weighted by molar-refractivity contribution is 5.62. The summed E-state index contributed by atoms with van der Waals surface area (Å²) in [7, 11) is 0. The molecule has 0 aliphatic rings. The van der Waals surface area contributed by atoms with Crippen molar-refractivity contribution in [3.8, 4) is 5.75 Å². The maximum atomic E-state index is 5.47. The van der Waals surface area contributed by atoms with Crippen molar-refractivity contribution >= 4 is 23.1 Å². The summed E-state index contributed by atoms with van der Waals surface area (Å²) in [6, 6.07) is 18.1. The largest absolute Gasteiger partial charge is 0.494 e. The van der Waals surface area contributed by atoms with Crippen LogP contribution in [-0.2, 0) is 0 Å². The molecule has 0 bridgehead atoms. The standard InChI is InChI=1S/C21H24N4O/c1-4-25(18-8-6-7-16(3)15-18)20-13-14-22-21(24-20)23-17-9-11-19(12-10-17)26-5-2/h6-15H,4-5H2,1-3H3,(H,22,23,24). The van der Waals surface area contributed by atoms with Gasteiger partial charge in [0, 0.05) is 24.1 Å². The number of nitrogens with zero attached hydrogens (tertiary/aromatic N) is 3. The molecule has 0 amide bonds. The van der Waals surface area contributed by atoms with E-state index in [1.54, 1.807) is 6.20 Å². The van der Waals surface area contributed by atoms with E-state index in [1.807, 2.05) is 37.3 Å². The number of aromatic nitrogens is 2. The summed E-state index contributed by atoms with van der Waals surface area (Å²) in [4.78, 5) is 11.2. The van der Waals surface area contributed by atoms with Gasteiger partial charge in [-0.2, -0.15) is 4.98 Å². The average Bonchev–Trinajstić information content (AvgIpc) is 2.65. The van der Waals surface area contributed by atoms with E-state index in [4.69, 9.17) is 4.74 Å². The molecular formula is C21H24N4O. The minimum absolute atomic E-state index is 0.567. The lowest BCUT2D eigenvalue weighted by Gasteiger charge is -2.22. The van der Waals surface area contributed by atoms with Gasteiger partial charge in [0.1, 0.15) is 11.6 Å². The maximum absolute atomic E-state index is 5.47. The molecule has 0 saturated heterocycles. The summed E-state index contributed by atoms with van der Waals surface area (Å²) in [5, 5.41) is 3.25. The normalized spacial score (nSPS) is 10.4. The van der Waals surface area contributed by atoms with Gasteiger partial charge in [0.25, 0.3) is 0 Å². The lowest BCUT2D eigenvalue weighted by molar-refractivity contribution is 0.340. The second-order valence-electron chi connectivity index (χ2n) is 5.90. The van der Waals surface area contributed by atoms with Gasteiger partial charge in [-0.05, 0) is 68.8 Å². The minimum atomic E-state index is 0.567. The van der Waals surface area contributed by atoms with E-state index in [0.29, 0.717) is 12.6 Å². The summed E-state index contributed by atoms with van der Waals surface area (Å²) in [5.41, 5.74) is 3.27. The molecule has 0 spiro atoms. The zero-order chi connectivity index (χ0) is 18.4. The van der Waals surface area contributed by atoms with Gasteiger partial charge >= 0.3 is 0 Å². The van der Waals surface area contributed by atoms with Crippen molar-refractivity contribution in [2.45, 2.75) is 20.8 Å². The summed E-state index contributed by atoms with van der Waals surface area (Å²) in [6.07, 6.45) is 1.78. The highest BCUT2D eigenvalue weighted by Crippen LogP contribution is 2.25. The van der Waals surface area contributed by atoms with Crippen molar-refractivity contribution in [2.75, 3.05) is 23.4 Å². The Hall–Kier alpha value is -3.08. The van der Waals surface area contributed by atoms with Crippen LogP contribution < -0.4 is 15.0 Å². The molecular weight excluding hydrogens is 324 g/mol. The fourth-order valence-electron chi connectivity index (χ4n) is 2.76. The Balaban J connectivity index is 1.80. The molecule has 0 aliphatic carbocycles. The van der Waals surface area contributed by atoms with E-state index in [-0.39, 0.29) is 0 Å². The number of hydrogen-bond acceptors (Lipinski definition) is 5. The number of nitrogens with one attached hydrogen (secondary N) is 1. The van der Waals surface area contributed by atoms with Crippen LogP contribution in [0.4, 0.5) is 23.1 Å². The fourth-order valence-corrected chi connectivity index (χ4v) is 2.76. The quantitative estimate of drug-likeness (QED) is 0.645. The van der Waals surface area contributed by atoms with Crippen molar-refractivity contribution in [3.05, 3.63) is 66.4 Å². The Bertz CT molecular complexity index is 849. The zero-order valence-electron chi connectivity index (χ0n) is 15.4. The highest BCUT2D eigenvalue weighted by Gasteiger charge is 2.10. The van der Waals surface area contributed by atoms with E-state index in [1.165, 1.54) is 5.56 Å². The highest BCUT2D eigenvalue weighted by atomic mass is 16.5. The number of hydrogen-bond donors (Lipinski definition) is 1. The van der Waals surface area contributed by atoms with Crippen molar-refractivity contribution < 1.29 is 4.74 Å². The molecule has 0 radical (unpaired) electrons. The molecule has 1 heterocycles. The van der Waals surface area contributed by atoms with Crippen LogP contribution in [-0.4, -0.2) is 23.1 Å². The van der Waals surface area contributed by atoms with Crippen LogP contribution in [0.2, 0.25) is 0 Å². The Morgan fingerprint density at radius 3 is 2.54 bits per heavy atom. The van der Waals surface area contributed by atoms with Gasteiger partial charge in [0.05, 0.1) is 6.61 Å². The SMILES string of the molecule is CCOc1ccc(Nc2nccc(N(CC)c3cccc(C)c3)n2)cc1. The van der Waals surface area contributed by atoms with E-state index < -0.39 is 0 Å². The molecule has 0 fully saturated rings. The Morgan fingerprint density at radius 2 is 1.85 bits per heavy atom. The van der Waals surface area contributed by atoms with Gasteiger partial charge in [0.2, 0.25) is 5.95 Å². The number of aryl methyl sites for hydroxylation is 1. The van der Waals surface area contributed by atoms with Crippen LogP contribution >= 0.6 is 0 Å². The molecule has 5 nitrogen and oxygen atoms in total. The Labute approximate surface area is 154 Å². The van der Waals surface area contributed by atoms with Gasteiger partial charge < -0.3 is 15.0 Å². The predicted molar refractivity (Wildman–Crippen MR) is 107 cm³/mol. The zero-order valence-corrected chi connectivity index (χ0v) is 15.4. The van der Waals surface area contributed by atoms with Gasteiger partial charge in [-0.15, -0.1) is 0 Å². The minimum Gasteiger partial charge on any atom is -0.494 e. The molecule has 5 heteroatoms. The number of benzene rings is 2. The first-order chi connectivity index (χ1) is 12.7. The summed E-state index contributed by atoms with van der Waals surface area (Å²) >= 11 is 0. The van der Waals surface area contributed by atoms with Crippen molar-refractivity contribution in [1.82, 2.24) is 9.97 Å². The molecule has 0 atom stereocenters. The first-order valence-electron chi connectivity index (χ1n) is 8.86. The molecule has 3 rings (SSSR count). The molecule has 3 aromatic rings. The van der Waals surface area contributed by atoms with Crippen molar-refractivity contribution in [1.29, 1.82) is 0 Å². The lowest BCUT2D eigenvalue weighted by atomic mass is 10.2. The number of ether oxygens (including phenoxy) is 1. The maximum Gasteiger partial charge on any atom is 0.229 e. The van der Waals surface area contributed by atoms with Crippen LogP contribution in [0.1, 0.15) is 19.4 Å². The molecule has 2 aromatic carbocycles. The van der Waals surface area contributed by atoms with Crippen LogP contribution in [0.5, 0.6) is 5.75 Å². The second-order valence-corrected chi connectivity index (χ2v) is 5.90. The first kappa shape index (κ1) is 17.7. The Kier molecular flexibility index (Phi) is 5.69. The molecule has 1 aromatic heterocycles. The molecule has 0 aliphatic heterocycles. The van der Waals surface area contributed by atoms with E-state index >= 15 is 0 Å². The van der Waals surface area contributed by atoms with Gasteiger partial charge in [-0.1, -0.05) is 12.1 Å². The van der Waals surface area contributed by atoms with Gasteiger partial charge in [-0.3, -0.25) is 0 Å². The van der Waals surface area contributed by atoms with E-state index in [0.717, 1.165) is 29.5 Å². The van der Waals surface area contributed by atoms with Crippen LogP contribution in [0.3, 0.4) is 0 Å². The fraction of sp³-hybridized carbons (Fsp3) is 0.238. The van der Waals surface area contributed by atoms with Crippen molar-refractivity contribution in [3.63, 3.8) is 0 Å². The van der Waals surface area contributed by atoms with Crippen molar-refractivity contribution in [2.24, 2.45) is 0 Å². The average molecular weight is 348 g/mol. The molecule has 0 saturated carbocycles. The molecule has 0 unspecified atom stereocenters. The van der Waals surface area contributed by atoms with E-state index in [9.17, 15) is 0 Å². The third-order valence-electron chi connectivity index (χ3n) is 3.97. The number of rotatable bonds is 7. The third-order valence-corrected chi connectivity index (χ3v) is 3.97. The van der Waals surface area contributed by atoms with Crippen LogP contribution in [0.15, 0.2) is 60.8 Å². The monoisotopic (exact) mass is 348 g/mol. The molecule has 1 N–H and O–H groups in total. The predicted octanol–water partition coefficient (Wildman–Crippen LogP) is 5.09. The number of anilines is 4. The molecule has 134 valence electrons. The summed E-state index contributed by atoms with van der Waals surface area (Å²) in [5.74, 6) is 2.28. The van der Waals surface area contributed by atoms with Crippen LogP contribution in [0, 0.1) is 6.92 Å². The second kappa shape index (κ2) is 8.34. The topological polar surface area (TPSA) is 50.3 Å². The van der Waals surface area contributed by atoms with E-state index in [2.05, 4.69) is 58.3 Å². The van der Waals surface area contributed by atoms with Crippen LogP contribution in [0.25, 0.3) is 0 Å². The smallest absolute Gasteiger partial charge is 0.229 e. The molecule has 26 heavy (non-hydrogen) atoms. The third kappa shape index (κ3) is 4.30. The summed E-state index contributed by atoms with van der Waals surface area (Å²) in [6.45, 7) is 7.66.